The second-order valence-corrected chi connectivity index (χ2v) is 4.12. The van der Waals surface area contributed by atoms with E-state index >= 15 is 0 Å². The maximum absolute atomic E-state index is 5.53. The van der Waals surface area contributed by atoms with Gasteiger partial charge < -0.3 is 19.9 Å². The van der Waals surface area contributed by atoms with E-state index in [9.17, 15) is 0 Å². The lowest BCUT2D eigenvalue weighted by Crippen LogP contribution is -2.04. The minimum Gasteiger partial charge on any atom is -0.496 e. The number of unbranched alkanes of at least 4 members (excludes halogenated alkanes) is 1. The molecule has 102 valence electrons. The SMILES string of the molecule is COCc1ccc(OC)c(CCCCN)c1OC. The molecule has 0 spiro atoms. The summed E-state index contributed by atoms with van der Waals surface area (Å²) in [6.45, 7) is 1.25. The standard InChI is InChI=1S/C14H23NO3/c1-16-10-11-7-8-13(17-2)12(14(11)18-3)6-4-5-9-15/h7-8H,4-6,9-10,15H2,1-3H3. The molecule has 0 fully saturated rings. The molecule has 4 heteroatoms. The van der Waals surface area contributed by atoms with Crippen molar-refractivity contribution >= 4 is 0 Å². The Morgan fingerprint density at radius 1 is 1.06 bits per heavy atom. The molecule has 0 atom stereocenters. The van der Waals surface area contributed by atoms with Crippen LogP contribution >= 0.6 is 0 Å². The van der Waals surface area contributed by atoms with E-state index in [0.717, 1.165) is 41.9 Å². The first-order chi connectivity index (χ1) is 8.78. The van der Waals surface area contributed by atoms with Gasteiger partial charge in [0, 0.05) is 18.2 Å². The smallest absolute Gasteiger partial charge is 0.131 e. The lowest BCUT2D eigenvalue weighted by atomic mass is 10.0. The van der Waals surface area contributed by atoms with Gasteiger partial charge in [-0.25, -0.2) is 0 Å². The van der Waals surface area contributed by atoms with Crippen molar-refractivity contribution in [2.75, 3.05) is 27.9 Å². The molecule has 0 unspecified atom stereocenters. The molecule has 1 rings (SSSR count). The van der Waals surface area contributed by atoms with E-state index in [4.69, 9.17) is 19.9 Å². The number of ether oxygens (including phenoxy) is 3. The van der Waals surface area contributed by atoms with Gasteiger partial charge in [0.05, 0.1) is 20.8 Å². The third kappa shape index (κ3) is 3.62. The van der Waals surface area contributed by atoms with Crippen molar-refractivity contribution < 1.29 is 14.2 Å². The Kier molecular flexibility index (Phi) is 6.54. The quantitative estimate of drug-likeness (QED) is 0.721. The van der Waals surface area contributed by atoms with Crippen molar-refractivity contribution in [1.29, 1.82) is 0 Å². The molecule has 4 nitrogen and oxygen atoms in total. The van der Waals surface area contributed by atoms with Gasteiger partial charge in [0.15, 0.2) is 0 Å². The van der Waals surface area contributed by atoms with E-state index in [1.807, 2.05) is 12.1 Å². The second kappa shape index (κ2) is 7.95. The number of hydrogen-bond donors (Lipinski definition) is 1. The first kappa shape index (κ1) is 14.8. The van der Waals surface area contributed by atoms with Gasteiger partial charge >= 0.3 is 0 Å². The van der Waals surface area contributed by atoms with Crippen LogP contribution in [0.1, 0.15) is 24.0 Å². The van der Waals surface area contributed by atoms with Crippen LogP contribution in [0.25, 0.3) is 0 Å². The number of benzene rings is 1. The maximum Gasteiger partial charge on any atom is 0.131 e. The molecule has 0 aliphatic heterocycles. The monoisotopic (exact) mass is 253 g/mol. The van der Waals surface area contributed by atoms with Gasteiger partial charge in [0.2, 0.25) is 0 Å². The molecule has 0 aliphatic rings. The van der Waals surface area contributed by atoms with Crippen LogP contribution < -0.4 is 15.2 Å². The average Bonchev–Trinajstić information content (AvgIpc) is 2.39. The van der Waals surface area contributed by atoms with Crippen LogP contribution in [0.3, 0.4) is 0 Å². The Labute approximate surface area is 109 Å². The fourth-order valence-corrected chi connectivity index (χ4v) is 2.06. The van der Waals surface area contributed by atoms with Gasteiger partial charge in [-0.2, -0.15) is 0 Å². The summed E-state index contributed by atoms with van der Waals surface area (Å²) in [6, 6.07) is 3.95. The molecule has 0 saturated heterocycles. The molecular formula is C14H23NO3. The molecule has 0 aromatic heterocycles. The molecule has 0 saturated carbocycles. The second-order valence-electron chi connectivity index (χ2n) is 4.12. The number of rotatable bonds is 8. The molecule has 1 aromatic carbocycles. The molecule has 0 amide bonds. The van der Waals surface area contributed by atoms with Crippen molar-refractivity contribution in [2.24, 2.45) is 5.73 Å². The van der Waals surface area contributed by atoms with Gasteiger partial charge in [-0.1, -0.05) is 0 Å². The van der Waals surface area contributed by atoms with Crippen LogP contribution in [0.5, 0.6) is 11.5 Å². The van der Waals surface area contributed by atoms with E-state index in [1.54, 1.807) is 21.3 Å². The highest BCUT2D eigenvalue weighted by molar-refractivity contribution is 5.50. The van der Waals surface area contributed by atoms with Crippen molar-refractivity contribution in [3.8, 4) is 11.5 Å². The zero-order chi connectivity index (χ0) is 13.4. The summed E-state index contributed by atoms with van der Waals surface area (Å²) in [5.41, 5.74) is 7.67. The van der Waals surface area contributed by atoms with Crippen molar-refractivity contribution in [3.63, 3.8) is 0 Å². The average molecular weight is 253 g/mol. The predicted molar refractivity (Wildman–Crippen MR) is 72.3 cm³/mol. The van der Waals surface area contributed by atoms with Crippen molar-refractivity contribution in [1.82, 2.24) is 0 Å². The van der Waals surface area contributed by atoms with Crippen LogP contribution in [0, 0.1) is 0 Å². The Balaban J connectivity index is 3.02. The van der Waals surface area contributed by atoms with E-state index in [1.165, 1.54) is 0 Å². The van der Waals surface area contributed by atoms with Gasteiger partial charge in [0.1, 0.15) is 11.5 Å². The van der Waals surface area contributed by atoms with E-state index in [0.29, 0.717) is 13.2 Å². The summed E-state index contributed by atoms with van der Waals surface area (Å²) in [5, 5.41) is 0. The van der Waals surface area contributed by atoms with E-state index in [-0.39, 0.29) is 0 Å². The summed E-state index contributed by atoms with van der Waals surface area (Å²) in [6.07, 6.45) is 2.93. The largest absolute Gasteiger partial charge is 0.496 e. The third-order valence-electron chi connectivity index (χ3n) is 2.90. The molecular weight excluding hydrogens is 230 g/mol. The third-order valence-corrected chi connectivity index (χ3v) is 2.90. The molecule has 2 N–H and O–H groups in total. The molecule has 1 aromatic rings. The zero-order valence-corrected chi connectivity index (χ0v) is 11.5. The Morgan fingerprint density at radius 3 is 2.39 bits per heavy atom. The Morgan fingerprint density at radius 2 is 1.83 bits per heavy atom. The zero-order valence-electron chi connectivity index (χ0n) is 11.5. The lowest BCUT2D eigenvalue weighted by molar-refractivity contribution is 0.181. The molecule has 0 bridgehead atoms. The van der Waals surface area contributed by atoms with Crippen molar-refractivity contribution in [2.45, 2.75) is 25.9 Å². The minimum absolute atomic E-state index is 0.539. The minimum atomic E-state index is 0.539. The summed E-state index contributed by atoms with van der Waals surface area (Å²) in [5.74, 6) is 1.73. The summed E-state index contributed by atoms with van der Waals surface area (Å²) in [7, 11) is 5.04. The highest BCUT2D eigenvalue weighted by atomic mass is 16.5. The fourth-order valence-electron chi connectivity index (χ4n) is 2.06. The normalized spacial score (nSPS) is 10.4. The van der Waals surface area contributed by atoms with E-state index < -0.39 is 0 Å². The van der Waals surface area contributed by atoms with E-state index in [2.05, 4.69) is 0 Å². The van der Waals surface area contributed by atoms with Crippen LogP contribution in [0.15, 0.2) is 12.1 Å². The summed E-state index contributed by atoms with van der Waals surface area (Å²) >= 11 is 0. The first-order valence-corrected chi connectivity index (χ1v) is 6.20. The van der Waals surface area contributed by atoms with Crippen LogP contribution in [-0.4, -0.2) is 27.9 Å². The highest BCUT2D eigenvalue weighted by Crippen LogP contribution is 2.33. The van der Waals surface area contributed by atoms with Gasteiger partial charge in [0.25, 0.3) is 0 Å². The fraction of sp³-hybridized carbons (Fsp3) is 0.571. The van der Waals surface area contributed by atoms with Crippen molar-refractivity contribution in [3.05, 3.63) is 23.3 Å². The predicted octanol–water partition coefficient (Wildman–Crippen LogP) is 2.13. The Bertz CT molecular complexity index is 366. The number of nitrogens with two attached hydrogens (primary N) is 1. The highest BCUT2D eigenvalue weighted by Gasteiger charge is 2.14. The first-order valence-electron chi connectivity index (χ1n) is 6.20. The van der Waals surface area contributed by atoms with Crippen LogP contribution in [0.2, 0.25) is 0 Å². The summed E-state index contributed by atoms with van der Waals surface area (Å²) < 4.78 is 16.1. The number of methoxy groups -OCH3 is 3. The van der Waals surface area contributed by atoms with Gasteiger partial charge in [-0.3, -0.25) is 0 Å². The molecule has 0 radical (unpaired) electrons. The maximum atomic E-state index is 5.53. The number of hydrogen-bond acceptors (Lipinski definition) is 4. The molecule has 18 heavy (non-hydrogen) atoms. The molecule has 0 heterocycles. The Hall–Kier alpha value is -1.26. The van der Waals surface area contributed by atoms with Gasteiger partial charge in [-0.15, -0.1) is 0 Å². The topological polar surface area (TPSA) is 53.7 Å². The molecule has 0 aliphatic carbocycles. The van der Waals surface area contributed by atoms with Gasteiger partial charge in [-0.05, 0) is 37.9 Å². The lowest BCUT2D eigenvalue weighted by Gasteiger charge is -2.16. The van der Waals surface area contributed by atoms with Crippen LogP contribution in [-0.2, 0) is 17.8 Å². The van der Waals surface area contributed by atoms with Crippen LogP contribution in [0.4, 0.5) is 0 Å². The summed E-state index contributed by atoms with van der Waals surface area (Å²) in [4.78, 5) is 0.